The van der Waals surface area contributed by atoms with Gasteiger partial charge in [0.1, 0.15) is 5.76 Å². The molecule has 0 radical (unpaired) electrons. The first-order chi connectivity index (χ1) is 16.2. The minimum atomic E-state index is 0. The molecule has 2 aromatic carbocycles. The number of benzene rings is 2. The molecule has 0 saturated heterocycles. The number of aromatic nitrogens is 1. The molecule has 4 rings (SSSR count). The van der Waals surface area contributed by atoms with E-state index in [1.165, 1.54) is 11.1 Å². The summed E-state index contributed by atoms with van der Waals surface area (Å²) >= 11 is 0. The molecule has 0 saturated carbocycles. The molecule has 0 aliphatic heterocycles. The maximum atomic E-state index is 5.49. The zero-order chi connectivity index (χ0) is 22.9. The van der Waals surface area contributed by atoms with E-state index in [1.54, 1.807) is 6.26 Å². The Hall–Kier alpha value is -2.91. The van der Waals surface area contributed by atoms with E-state index in [4.69, 9.17) is 9.41 Å². The Morgan fingerprint density at radius 2 is 1.71 bits per heavy atom. The summed E-state index contributed by atoms with van der Waals surface area (Å²) in [6, 6.07) is 22.7. The standard InChI is InChI=1S/C27H31N5O.HI/c1-3-28-27(31-18-22-14-15-29-26-13-7-6-12-25(22)26)30-17-21-9-4-5-10-23(21)19-32(2)20-24-11-8-16-33-24;/h4-16H,3,17-20H2,1-2H3,(H2,28,30,31);1H. The smallest absolute Gasteiger partial charge is 0.191 e. The zero-order valence-electron chi connectivity index (χ0n) is 19.7. The third-order valence-corrected chi connectivity index (χ3v) is 5.50. The van der Waals surface area contributed by atoms with Crippen molar-refractivity contribution in [3.63, 3.8) is 0 Å². The van der Waals surface area contributed by atoms with Crippen molar-refractivity contribution in [1.29, 1.82) is 0 Å². The summed E-state index contributed by atoms with van der Waals surface area (Å²) in [6.45, 7) is 5.79. The van der Waals surface area contributed by atoms with Gasteiger partial charge in [0, 0.05) is 31.2 Å². The van der Waals surface area contributed by atoms with E-state index in [2.05, 4.69) is 64.8 Å². The second-order valence-corrected chi connectivity index (χ2v) is 8.06. The first kappa shape index (κ1) is 25.7. The Morgan fingerprint density at radius 1 is 0.912 bits per heavy atom. The van der Waals surface area contributed by atoms with E-state index in [0.29, 0.717) is 13.1 Å². The van der Waals surface area contributed by atoms with Crippen LogP contribution < -0.4 is 10.6 Å². The van der Waals surface area contributed by atoms with Crippen molar-refractivity contribution < 1.29 is 4.42 Å². The molecule has 0 fully saturated rings. The van der Waals surface area contributed by atoms with Crippen LogP contribution in [0.3, 0.4) is 0 Å². The molecular weight excluding hydrogens is 537 g/mol. The summed E-state index contributed by atoms with van der Waals surface area (Å²) in [6.07, 6.45) is 3.57. The normalized spacial score (nSPS) is 11.4. The largest absolute Gasteiger partial charge is 0.468 e. The molecule has 0 aliphatic carbocycles. The van der Waals surface area contributed by atoms with Crippen molar-refractivity contribution in [3.8, 4) is 0 Å². The molecule has 0 amide bonds. The number of hydrogen-bond donors (Lipinski definition) is 2. The fraction of sp³-hybridized carbons (Fsp3) is 0.259. The van der Waals surface area contributed by atoms with Crippen molar-refractivity contribution in [3.05, 3.63) is 102 Å². The van der Waals surface area contributed by atoms with Crippen molar-refractivity contribution >= 4 is 40.8 Å². The molecule has 0 atom stereocenters. The molecule has 2 aromatic heterocycles. The van der Waals surface area contributed by atoms with Crippen molar-refractivity contribution in [2.24, 2.45) is 4.99 Å². The molecule has 0 bridgehead atoms. The third kappa shape index (κ3) is 7.04. The van der Waals surface area contributed by atoms with Crippen LogP contribution in [0, 0.1) is 0 Å². The van der Waals surface area contributed by atoms with Gasteiger partial charge in [0.05, 0.1) is 24.9 Å². The minimum Gasteiger partial charge on any atom is -0.468 e. The number of guanidine groups is 1. The number of hydrogen-bond acceptors (Lipinski definition) is 4. The van der Waals surface area contributed by atoms with Crippen LogP contribution in [0.4, 0.5) is 0 Å². The highest BCUT2D eigenvalue weighted by Crippen LogP contribution is 2.17. The summed E-state index contributed by atoms with van der Waals surface area (Å²) in [5, 5.41) is 8.01. The third-order valence-electron chi connectivity index (χ3n) is 5.50. The van der Waals surface area contributed by atoms with Gasteiger partial charge in [-0.1, -0.05) is 42.5 Å². The molecule has 178 valence electrons. The molecule has 0 aliphatic rings. The Kier molecular flexibility index (Phi) is 9.90. The minimum absolute atomic E-state index is 0. The van der Waals surface area contributed by atoms with Gasteiger partial charge in [-0.3, -0.25) is 9.88 Å². The molecule has 2 N–H and O–H groups in total. The van der Waals surface area contributed by atoms with E-state index in [0.717, 1.165) is 47.8 Å². The van der Waals surface area contributed by atoms with Crippen LogP contribution in [-0.2, 0) is 26.2 Å². The van der Waals surface area contributed by atoms with E-state index in [-0.39, 0.29) is 24.0 Å². The number of pyridine rings is 1. The SMILES string of the molecule is CCNC(=NCc1ccnc2ccccc12)NCc1ccccc1CN(C)Cc1ccco1.I. The number of aliphatic imine (C=N–C) groups is 1. The topological polar surface area (TPSA) is 65.7 Å². The van der Waals surface area contributed by atoms with E-state index >= 15 is 0 Å². The van der Waals surface area contributed by atoms with Crippen molar-refractivity contribution in [2.75, 3.05) is 13.6 Å². The summed E-state index contributed by atoms with van der Waals surface area (Å²) in [4.78, 5) is 11.5. The van der Waals surface area contributed by atoms with Crippen molar-refractivity contribution in [1.82, 2.24) is 20.5 Å². The highest BCUT2D eigenvalue weighted by Gasteiger charge is 2.09. The number of nitrogens with one attached hydrogen (secondary N) is 2. The second kappa shape index (κ2) is 13.1. The van der Waals surface area contributed by atoms with Crippen LogP contribution in [0.15, 0.2) is 88.6 Å². The van der Waals surface area contributed by atoms with Crippen LogP contribution in [0.1, 0.15) is 29.4 Å². The number of halogens is 1. The van der Waals surface area contributed by atoms with E-state index in [1.807, 2.05) is 42.6 Å². The monoisotopic (exact) mass is 569 g/mol. The fourth-order valence-electron chi connectivity index (χ4n) is 3.88. The Morgan fingerprint density at radius 3 is 2.50 bits per heavy atom. The lowest BCUT2D eigenvalue weighted by molar-refractivity contribution is 0.287. The molecule has 6 nitrogen and oxygen atoms in total. The number of furan rings is 1. The maximum Gasteiger partial charge on any atom is 0.191 e. The van der Waals surface area contributed by atoms with Crippen LogP contribution in [0.25, 0.3) is 10.9 Å². The predicted molar refractivity (Wildman–Crippen MR) is 149 cm³/mol. The number of para-hydroxylation sites is 1. The number of rotatable bonds is 9. The molecule has 7 heteroatoms. The lowest BCUT2D eigenvalue weighted by Crippen LogP contribution is -2.37. The molecule has 4 aromatic rings. The molecule has 0 spiro atoms. The lowest BCUT2D eigenvalue weighted by Gasteiger charge is -2.19. The van der Waals surface area contributed by atoms with Gasteiger partial charge >= 0.3 is 0 Å². The second-order valence-electron chi connectivity index (χ2n) is 8.06. The summed E-state index contributed by atoms with van der Waals surface area (Å²) in [5.74, 6) is 1.77. The summed E-state index contributed by atoms with van der Waals surface area (Å²) in [7, 11) is 2.11. The molecule has 0 unspecified atom stereocenters. The van der Waals surface area contributed by atoms with E-state index < -0.39 is 0 Å². The fourth-order valence-corrected chi connectivity index (χ4v) is 3.88. The maximum absolute atomic E-state index is 5.49. The average Bonchev–Trinajstić information content (AvgIpc) is 3.34. The Bertz CT molecular complexity index is 1190. The van der Waals surface area contributed by atoms with Gasteiger partial charge < -0.3 is 15.1 Å². The predicted octanol–water partition coefficient (Wildman–Crippen LogP) is 5.33. The highest BCUT2D eigenvalue weighted by molar-refractivity contribution is 14.0. The summed E-state index contributed by atoms with van der Waals surface area (Å²) in [5.41, 5.74) is 4.70. The lowest BCUT2D eigenvalue weighted by atomic mass is 10.1. The first-order valence-corrected chi connectivity index (χ1v) is 11.4. The van der Waals surface area contributed by atoms with Gasteiger partial charge in [0.15, 0.2) is 5.96 Å². The van der Waals surface area contributed by atoms with Gasteiger partial charge in [-0.25, -0.2) is 4.99 Å². The van der Waals surface area contributed by atoms with Crippen LogP contribution >= 0.6 is 24.0 Å². The van der Waals surface area contributed by atoms with Gasteiger partial charge in [0.2, 0.25) is 0 Å². The van der Waals surface area contributed by atoms with Crippen LogP contribution in [0.5, 0.6) is 0 Å². The molecular formula is C27H32IN5O. The highest BCUT2D eigenvalue weighted by atomic mass is 127. The number of nitrogens with zero attached hydrogens (tertiary/aromatic N) is 3. The Balaban J connectivity index is 0.00000324. The summed E-state index contributed by atoms with van der Waals surface area (Å²) < 4.78 is 5.49. The van der Waals surface area contributed by atoms with Gasteiger partial charge in [-0.15, -0.1) is 24.0 Å². The van der Waals surface area contributed by atoms with Crippen molar-refractivity contribution in [2.45, 2.75) is 33.1 Å². The quantitative estimate of drug-likeness (QED) is 0.162. The zero-order valence-corrected chi connectivity index (χ0v) is 22.0. The first-order valence-electron chi connectivity index (χ1n) is 11.4. The Labute approximate surface area is 218 Å². The van der Waals surface area contributed by atoms with Gasteiger partial charge in [-0.05, 0) is 54.9 Å². The molecule has 2 heterocycles. The number of fused-ring (bicyclic) bond motifs is 1. The van der Waals surface area contributed by atoms with Gasteiger partial charge in [0.25, 0.3) is 0 Å². The molecule has 34 heavy (non-hydrogen) atoms. The van der Waals surface area contributed by atoms with Gasteiger partial charge in [-0.2, -0.15) is 0 Å². The average molecular weight is 569 g/mol. The van der Waals surface area contributed by atoms with Crippen LogP contribution in [0.2, 0.25) is 0 Å². The van der Waals surface area contributed by atoms with E-state index in [9.17, 15) is 0 Å². The van der Waals surface area contributed by atoms with Crippen LogP contribution in [-0.4, -0.2) is 29.4 Å².